The number of fused-ring (bicyclic) bond motifs is 2. The molecule has 1 saturated heterocycles. The van der Waals surface area contributed by atoms with Gasteiger partial charge in [-0.3, -0.25) is 4.79 Å². The summed E-state index contributed by atoms with van der Waals surface area (Å²) >= 11 is 0. The number of hydrogen-bond donors (Lipinski definition) is 0. The fourth-order valence-electron chi connectivity index (χ4n) is 4.59. The second kappa shape index (κ2) is 9.27. The monoisotopic (exact) mass is 451 g/mol. The van der Waals surface area contributed by atoms with E-state index in [1.807, 2.05) is 24.3 Å². The van der Waals surface area contributed by atoms with E-state index < -0.39 is 0 Å². The summed E-state index contributed by atoms with van der Waals surface area (Å²) in [6, 6.07) is 8.01. The summed E-state index contributed by atoms with van der Waals surface area (Å²) in [4.78, 5) is 26.0. The minimum Gasteiger partial charge on any atom is -0.497 e. The Morgan fingerprint density at radius 3 is 2.64 bits per heavy atom. The number of hydrogen-bond acceptors (Lipinski definition) is 8. The first-order valence-electron chi connectivity index (χ1n) is 11.4. The van der Waals surface area contributed by atoms with Crippen LogP contribution in [0, 0.1) is 0 Å². The Hall–Kier alpha value is -3.33. The van der Waals surface area contributed by atoms with Gasteiger partial charge in [0.2, 0.25) is 0 Å². The number of nitrogens with zero attached hydrogens (tertiary/aromatic N) is 5. The van der Waals surface area contributed by atoms with Crippen LogP contribution in [0.2, 0.25) is 0 Å². The maximum atomic E-state index is 12.5. The molecular weight excluding hydrogens is 422 g/mol. The Morgan fingerprint density at radius 1 is 1.06 bits per heavy atom. The molecule has 1 fully saturated rings. The SMILES string of the molecule is COc1ccc2ncc(=O)n(CCN3CCC(N(C)c4cc5c(cn4)OCCO5)CC3)c2c1. The Morgan fingerprint density at radius 2 is 1.85 bits per heavy atom. The highest BCUT2D eigenvalue weighted by atomic mass is 16.6. The van der Waals surface area contributed by atoms with Gasteiger partial charge in [0.15, 0.2) is 11.5 Å². The molecule has 9 heteroatoms. The van der Waals surface area contributed by atoms with Crippen molar-refractivity contribution in [2.24, 2.45) is 0 Å². The standard InChI is InChI=1S/C24H29N5O4/c1-27(23-14-21-22(15-26-23)33-12-11-32-21)17-5-7-28(8-6-17)9-10-29-20-13-18(31-2)3-4-19(20)25-16-24(29)30/h3-4,13-17H,5-12H2,1-2H3. The van der Waals surface area contributed by atoms with Gasteiger partial charge in [-0.15, -0.1) is 0 Å². The highest BCUT2D eigenvalue weighted by Crippen LogP contribution is 2.33. The Bertz CT molecular complexity index is 1190. The minimum absolute atomic E-state index is 0.0879. The van der Waals surface area contributed by atoms with Crippen LogP contribution in [-0.2, 0) is 6.54 Å². The Kier molecular flexibility index (Phi) is 6.04. The van der Waals surface area contributed by atoms with Crippen LogP contribution < -0.4 is 24.7 Å². The number of anilines is 1. The summed E-state index contributed by atoms with van der Waals surface area (Å²) in [6.45, 7) is 4.52. The Balaban J connectivity index is 1.21. The zero-order chi connectivity index (χ0) is 22.8. The molecule has 0 saturated carbocycles. The fraction of sp³-hybridized carbons (Fsp3) is 0.458. The van der Waals surface area contributed by atoms with Crippen molar-refractivity contribution in [3.8, 4) is 17.2 Å². The van der Waals surface area contributed by atoms with Crippen molar-refractivity contribution in [1.29, 1.82) is 0 Å². The van der Waals surface area contributed by atoms with Gasteiger partial charge in [-0.25, -0.2) is 9.97 Å². The van der Waals surface area contributed by atoms with Crippen LogP contribution in [0.1, 0.15) is 12.8 Å². The third kappa shape index (κ3) is 4.45. The number of methoxy groups -OCH3 is 1. The third-order valence-electron chi connectivity index (χ3n) is 6.58. The predicted octanol–water partition coefficient (Wildman–Crippen LogP) is 2.17. The molecule has 0 radical (unpaired) electrons. The second-order valence-corrected chi connectivity index (χ2v) is 8.47. The van der Waals surface area contributed by atoms with Gasteiger partial charge in [0.25, 0.3) is 5.56 Å². The molecule has 4 heterocycles. The van der Waals surface area contributed by atoms with E-state index in [9.17, 15) is 4.79 Å². The number of piperidine rings is 1. The summed E-state index contributed by atoms with van der Waals surface area (Å²) in [5.41, 5.74) is 1.51. The van der Waals surface area contributed by atoms with E-state index in [-0.39, 0.29) is 5.56 Å². The van der Waals surface area contributed by atoms with E-state index in [1.54, 1.807) is 17.9 Å². The molecule has 3 aromatic rings. The van der Waals surface area contributed by atoms with Crippen LogP contribution in [0.25, 0.3) is 11.0 Å². The number of aromatic nitrogens is 3. The van der Waals surface area contributed by atoms with Crippen LogP contribution in [0.4, 0.5) is 5.82 Å². The molecule has 0 N–H and O–H groups in total. The van der Waals surface area contributed by atoms with Crippen molar-refractivity contribution < 1.29 is 14.2 Å². The van der Waals surface area contributed by atoms with Gasteiger partial charge in [-0.05, 0) is 25.0 Å². The van der Waals surface area contributed by atoms with Gasteiger partial charge in [0.05, 0.1) is 30.5 Å². The largest absolute Gasteiger partial charge is 0.497 e. The molecule has 2 aliphatic heterocycles. The molecule has 5 rings (SSSR count). The molecule has 2 aliphatic rings. The molecule has 9 nitrogen and oxygen atoms in total. The quantitative estimate of drug-likeness (QED) is 0.564. The maximum absolute atomic E-state index is 12.5. The lowest BCUT2D eigenvalue weighted by atomic mass is 10.0. The van der Waals surface area contributed by atoms with Crippen LogP contribution in [-0.4, -0.2) is 72.5 Å². The van der Waals surface area contributed by atoms with E-state index in [1.165, 1.54) is 6.20 Å². The normalized spacial score (nSPS) is 16.7. The summed E-state index contributed by atoms with van der Waals surface area (Å²) in [5, 5.41) is 0. The van der Waals surface area contributed by atoms with Crippen molar-refractivity contribution >= 4 is 16.9 Å². The average Bonchev–Trinajstić information content (AvgIpc) is 2.87. The van der Waals surface area contributed by atoms with Gasteiger partial charge in [-0.2, -0.15) is 0 Å². The first-order valence-corrected chi connectivity index (χ1v) is 11.4. The summed E-state index contributed by atoms with van der Waals surface area (Å²) in [5.74, 6) is 3.11. The number of ether oxygens (including phenoxy) is 3. The van der Waals surface area contributed by atoms with Gasteiger partial charge in [0.1, 0.15) is 24.8 Å². The number of benzene rings is 1. The van der Waals surface area contributed by atoms with Gasteiger partial charge in [0, 0.05) is 51.4 Å². The van der Waals surface area contributed by atoms with Crippen molar-refractivity contribution in [2.75, 3.05) is 51.9 Å². The molecule has 0 unspecified atom stereocenters. The van der Waals surface area contributed by atoms with Crippen LogP contribution in [0.5, 0.6) is 17.2 Å². The molecule has 0 aliphatic carbocycles. The number of rotatable bonds is 6. The molecule has 0 bridgehead atoms. The highest BCUT2D eigenvalue weighted by molar-refractivity contribution is 5.76. The van der Waals surface area contributed by atoms with Crippen LogP contribution in [0.15, 0.2) is 41.5 Å². The minimum atomic E-state index is -0.0879. The maximum Gasteiger partial charge on any atom is 0.269 e. The molecule has 0 atom stereocenters. The first-order chi connectivity index (χ1) is 16.1. The molecule has 174 valence electrons. The van der Waals surface area contributed by atoms with E-state index in [0.717, 1.165) is 60.8 Å². The number of likely N-dealkylation sites (tertiary alicyclic amines) is 1. The van der Waals surface area contributed by atoms with E-state index in [0.29, 0.717) is 31.5 Å². The van der Waals surface area contributed by atoms with Crippen molar-refractivity contribution in [3.63, 3.8) is 0 Å². The summed E-state index contributed by atoms with van der Waals surface area (Å²) < 4.78 is 18.4. The van der Waals surface area contributed by atoms with E-state index >= 15 is 0 Å². The van der Waals surface area contributed by atoms with Crippen LogP contribution >= 0.6 is 0 Å². The molecule has 2 aromatic heterocycles. The molecular formula is C24H29N5O4. The Labute approximate surface area is 192 Å². The topological polar surface area (TPSA) is 82.0 Å². The van der Waals surface area contributed by atoms with Crippen LogP contribution in [0.3, 0.4) is 0 Å². The van der Waals surface area contributed by atoms with Gasteiger partial charge in [-0.1, -0.05) is 0 Å². The molecule has 0 spiro atoms. The lowest BCUT2D eigenvalue weighted by molar-refractivity contribution is 0.170. The van der Waals surface area contributed by atoms with Crippen molar-refractivity contribution in [1.82, 2.24) is 19.4 Å². The second-order valence-electron chi connectivity index (χ2n) is 8.47. The number of pyridine rings is 1. The van der Waals surface area contributed by atoms with E-state index in [4.69, 9.17) is 14.2 Å². The van der Waals surface area contributed by atoms with Crippen molar-refractivity contribution in [2.45, 2.75) is 25.4 Å². The zero-order valence-corrected chi connectivity index (χ0v) is 19.1. The molecule has 33 heavy (non-hydrogen) atoms. The molecule has 0 amide bonds. The zero-order valence-electron chi connectivity index (χ0n) is 19.1. The summed E-state index contributed by atoms with van der Waals surface area (Å²) in [6.07, 6.45) is 5.22. The average molecular weight is 452 g/mol. The van der Waals surface area contributed by atoms with E-state index in [2.05, 4.69) is 26.8 Å². The highest BCUT2D eigenvalue weighted by Gasteiger charge is 2.24. The molecule has 1 aromatic carbocycles. The van der Waals surface area contributed by atoms with Gasteiger partial charge < -0.3 is 28.6 Å². The van der Waals surface area contributed by atoms with Gasteiger partial charge >= 0.3 is 0 Å². The first kappa shape index (κ1) is 21.5. The predicted molar refractivity (Wildman–Crippen MR) is 126 cm³/mol. The third-order valence-corrected chi connectivity index (χ3v) is 6.58. The summed E-state index contributed by atoms with van der Waals surface area (Å²) in [7, 11) is 3.72. The van der Waals surface area contributed by atoms with Crippen molar-refractivity contribution in [3.05, 3.63) is 47.0 Å². The lowest BCUT2D eigenvalue weighted by Gasteiger charge is -2.37. The smallest absolute Gasteiger partial charge is 0.269 e. The lowest BCUT2D eigenvalue weighted by Crippen LogP contribution is -2.45. The fourth-order valence-corrected chi connectivity index (χ4v) is 4.59.